The van der Waals surface area contributed by atoms with E-state index >= 15 is 0 Å². The zero-order chi connectivity index (χ0) is 23.1. The highest BCUT2D eigenvalue weighted by Gasteiger charge is 2.26. The summed E-state index contributed by atoms with van der Waals surface area (Å²) >= 11 is 6.00. The van der Waals surface area contributed by atoms with E-state index in [2.05, 4.69) is 34.7 Å². The fourth-order valence-corrected chi connectivity index (χ4v) is 3.16. The fraction of sp³-hybridized carbons (Fsp3) is 0.174. The van der Waals surface area contributed by atoms with Crippen molar-refractivity contribution in [3.8, 4) is 0 Å². The van der Waals surface area contributed by atoms with Crippen molar-refractivity contribution in [2.75, 3.05) is 11.9 Å². The molecule has 3 amide bonds. The second-order valence-corrected chi connectivity index (χ2v) is 7.44. The van der Waals surface area contributed by atoms with Gasteiger partial charge < -0.3 is 15.5 Å². The summed E-state index contributed by atoms with van der Waals surface area (Å²) < 4.78 is 26.4. The Kier molecular flexibility index (Phi) is 7.72. The average molecular weight is 459 g/mol. The van der Waals surface area contributed by atoms with Crippen molar-refractivity contribution < 1.29 is 18.4 Å². The number of urea groups is 1. The number of fused-ring (bicyclic) bond motifs is 1. The lowest BCUT2D eigenvalue weighted by Gasteiger charge is -2.29. The van der Waals surface area contributed by atoms with Gasteiger partial charge in [0.2, 0.25) is 5.91 Å². The van der Waals surface area contributed by atoms with Gasteiger partial charge in [-0.2, -0.15) is 0 Å². The molecule has 166 valence electrons. The van der Waals surface area contributed by atoms with E-state index in [1.807, 2.05) is 18.2 Å². The molecule has 0 radical (unpaired) electrons. The van der Waals surface area contributed by atoms with E-state index < -0.39 is 23.6 Å². The van der Waals surface area contributed by atoms with Crippen LogP contribution in [0.5, 0.6) is 0 Å². The molecular formula is C23H21ClF2N4O2. The molecule has 0 saturated carbocycles. The Hall–Kier alpha value is -3.52. The van der Waals surface area contributed by atoms with Crippen molar-refractivity contribution in [1.82, 2.24) is 15.2 Å². The van der Waals surface area contributed by atoms with Crippen LogP contribution in [0.3, 0.4) is 0 Å². The number of benzene rings is 2. The highest BCUT2D eigenvalue weighted by molar-refractivity contribution is 6.30. The quantitative estimate of drug-likeness (QED) is 0.558. The number of halogens is 3. The first-order valence-electron chi connectivity index (χ1n) is 9.75. The lowest BCUT2D eigenvalue weighted by molar-refractivity contribution is -0.121. The number of hydrogen-bond acceptors (Lipinski definition) is 3. The van der Waals surface area contributed by atoms with Crippen LogP contribution in [0.1, 0.15) is 16.7 Å². The molecule has 3 aromatic rings. The molecule has 0 saturated heterocycles. The lowest BCUT2D eigenvalue weighted by atomic mass is 10.2. The molecule has 9 heteroatoms. The highest BCUT2D eigenvalue weighted by Crippen LogP contribution is 2.27. The van der Waals surface area contributed by atoms with Crippen LogP contribution in [-0.2, 0) is 17.9 Å². The summed E-state index contributed by atoms with van der Waals surface area (Å²) in [5.74, 6) is -1.92. The van der Waals surface area contributed by atoms with Gasteiger partial charge in [0, 0.05) is 29.9 Å². The Labute approximate surface area is 189 Å². The molecule has 1 aromatic heterocycles. The van der Waals surface area contributed by atoms with E-state index in [9.17, 15) is 18.4 Å². The predicted octanol–water partition coefficient (Wildman–Crippen LogP) is 4.67. The first-order valence-corrected chi connectivity index (χ1v) is 10.1. The van der Waals surface area contributed by atoms with E-state index in [-0.39, 0.29) is 30.4 Å². The van der Waals surface area contributed by atoms with E-state index in [0.29, 0.717) is 11.3 Å². The zero-order valence-corrected chi connectivity index (χ0v) is 18.0. The molecule has 0 bridgehead atoms. The molecular weight excluding hydrogens is 438 g/mol. The Morgan fingerprint density at radius 3 is 2.59 bits per heavy atom. The van der Waals surface area contributed by atoms with Crippen molar-refractivity contribution >= 4 is 29.2 Å². The number of hydrogen-bond donors (Lipinski definition) is 2. The largest absolute Gasteiger partial charge is 0.350 e. The second-order valence-electron chi connectivity index (χ2n) is 7.08. The van der Waals surface area contributed by atoms with Crippen molar-refractivity contribution in [3.05, 3.63) is 94.3 Å². The van der Waals surface area contributed by atoms with Crippen LogP contribution in [0.25, 0.3) is 0 Å². The monoisotopic (exact) mass is 458 g/mol. The van der Waals surface area contributed by atoms with Crippen LogP contribution in [0.2, 0.25) is 5.15 Å². The molecule has 0 aliphatic carbocycles. The third kappa shape index (κ3) is 6.24. The average Bonchev–Trinajstić information content (AvgIpc) is 2.75. The number of nitrogens with one attached hydrogen (secondary N) is 2. The van der Waals surface area contributed by atoms with Gasteiger partial charge in [-0.1, -0.05) is 53.6 Å². The molecule has 1 aliphatic heterocycles. The Bertz CT molecular complexity index is 1110. The standard InChI is InChI=1S/C16H13ClF2N4O2.C7H8/c17-15-11-7-23(16(25)22-13(11)3-4-20-15)8-14(24)21-6-9-1-2-10(18)5-12(9)19;1-7-5-3-2-4-6-7/h1-5H,6-8H2,(H,21,24)(H,22,25);2-6H,1H3. The zero-order valence-electron chi connectivity index (χ0n) is 17.2. The molecule has 1 aliphatic rings. The van der Waals surface area contributed by atoms with Crippen molar-refractivity contribution in [3.63, 3.8) is 0 Å². The third-order valence-corrected chi connectivity index (χ3v) is 4.97. The van der Waals surface area contributed by atoms with Crippen molar-refractivity contribution in [2.45, 2.75) is 20.0 Å². The van der Waals surface area contributed by atoms with Gasteiger partial charge in [-0.05, 0) is 19.1 Å². The normalized spacial score (nSPS) is 12.2. The Balaban J connectivity index is 0.000000352. The molecule has 0 atom stereocenters. The fourth-order valence-electron chi connectivity index (χ4n) is 2.94. The van der Waals surface area contributed by atoms with Crippen molar-refractivity contribution in [2.24, 2.45) is 0 Å². The van der Waals surface area contributed by atoms with E-state index in [1.165, 1.54) is 22.7 Å². The number of aryl methyl sites for hydroxylation is 1. The van der Waals surface area contributed by atoms with Gasteiger partial charge in [0.1, 0.15) is 23.3 Å². The molecule has 2 heterocycles. The Morgan fingerprint density at radius 2 is 1.94 bits per heavy atom. The number of carbonyl (C=O) groups is 2. The first kappa shape index (κ1) is 23.1. The Morgan fingerprint density at radius 1 is 1.19 bits per heavy atom. The van der Waals surface area contributed by atoms with Gasteiger partial charge in [-0.15, -0.1) is 0 Å². The molecule has 0 spiro atoms. The number of nitrogens with zero attached hydrogens (tertiary/aromatic N) is 2. The van der Waals surface area contributed by atoms with Crippen LogP contribution >= 0.6 is 11.6 Å². The topological polar surface area (TPSA) is 74.3 Å². The third-order valence-electron chi connectivity index (χ3n) is 4.65. The van der Waals surface area contributed by atoms with E-state index in [0.717, 1.165) is 12.1 Å². The minimum absolute atomic E-state index is 0.112. The predicted molar refractivity (Wildman–Crippen MR) is 118 cm³/mol. The first-order chi connectivity index (χ1) is 15.3. The lowest BCUT2D eigenvalue weighted by Crippen LogP contribution is -2.44. The highest BCUT2D eigenvalue weighted by atomic mass is 35.5. The molecule has 4 rings (SSSR count). The van der Waals surface area contributed by atoms with Gasteiger partial charge in [-0.3, -0.25) is 4.79 Å². The van der Waals surface area contributed by atoms with Gasteiger partial charge in [-0.25, -0.2) is 18.6 Å². The summed E-state index contributed by atoms with van der Waals surface area (Å²) in [4.78, 5) is 29.3. The minimum atomic E-state index is -0.747. The van der Waals surface area contributed by atoms with Crippen LogP contribution in [0, 0.1) is 18.6 Å². The minimum Gasteiger partial charge on any atom is -0.350 e. The molecule has 0 unspecified atom stereocenters. The number of carbonyl (C=O) groups excluding carboxylic acids is 2. The van der Waals surface area contributed by atoms with Crippen LogP contribution in [-0.4, -0.2) is 28.4 Å². The second kappa shape index (κ2) is 10.7. The van der Waals surface area contributed by atoms with Gasteiger partial charge in [0.05, 0.1) is 12.2 Å². The number of rotatable bonds is 4. The molecule has 2 N–H and O–H groups in total. The summed E-state index contributed by atoms with van der Waals surface area (Å²) in [6.45, 7) is 1.87. The summed E-state index contributed by atoms with van der Waals surface area (Å²) in [5, 5.41) is 5.37. The molecule has 32 heavy (non-hydrogen) atoms. The van der Waals surface area contributed by atoms with E-state index in [4.69, 9.17) is 11.6 Å². The SMILES string of the molecule is Cc1ccccc1.O=C(CN1Cc2c(ccnc2Cl)NC1=O)NCc1ccc(F)cc1F. The van der Waals surface area contributed by atoms with Crippen LogP contribution < -0.4 is 10.6 Å². The summed E-state index contributed by atoms with van der Waals surface area (Å²) in [6, 6.07) is 14.5. The molecule has 6 nitrogen and oxygen atoms in total. The summed E-state index contributed by atoms with van der Waals surface area (Å²) in [7, 11) is 0. The maximum Gasteiger partial charge on any atom is 0.322 e. The number of anilines is 1. The smallest absolute Gasteiger partial charge is 0.322 e. The van der Waals surface area contributed by atoms with Crippen LogP contribution in [0.4, 0.5) is 19.3 Å². The van der Waals surface area contributed by atoms with Gasteiger partial charge >= 0.3 is 6.03 Å². The summed E-state index contributed by atoms with van der Waals surface area (Å²) in [5.41, 5.74) is 2.63. The summed E-state index contributed by atoms with van der Waals surface area (Å²) in [6.07, 6.45) is 1.47. The number of aromatic nitrogens is 1. The number of pyridine rings is 1. The maximum atomic E-state index is 13.5. The molecule has 2 aromatic carbocycles. The van der Waals surface area contributed by atoms with E-state index in [1.54, 1.807) is 6.07 Å². The van der Waals surface area contributed by atoms with Crippen LogP contribution in [0.15, 0.2) is 60.8 Å². The maximum absolute atomic E-state index is 13.5. The van der Waals surface area contributed by atoms with Crippen molar-refractivity contribution in [1.29, 1.82) is 0 Å². The van der Waals surface area contributed by atoms with Gasteiger partial charge in [0.15, 0.2) is 0 Å². The van der Waals surface area contributed by atoms with Gasteiger partial charge in [0.25, 0.3) is 0 Å². The number of amides is 3. The molecule has 0 fully saturated rings.